The first-order chi connectivity index (χ1) is 20.0. The Labute approximate surface area is 246 Å². The number of aliphatic hydroxyl groups excluding tert-OH is 2. The zero-order chi connectivity index (χ0) is 30.3. The van der Waals surface area contributed by atoms with Crippen LogP contribution < -0.4 is 10.6 Å². The molecular weight excluding hydrogens is 540 g/mol. The number of benzene rings is 2. The van der Waals surface area contributed by atoms with Crippen LogP contribution in [0.5, 0.6) is 0 Å². The number of aliphatic hydroxyl groups is 2. The summed E-state index contributed by atoms with van der Waals surface area (Å²) in [5.74, 6) is -2.44. The lowest BCUT2D eigenvalue weighted by atomic mass is 9.92. The molecule has 1 aliphatic heterocycles. The molecule has 0 spiro atoms. The third-order valence-corrected chi connectivity index (χ3v) is 7.04. The van der Waals surface area contributed by atoms with Crippen molar-refractivity contribution in [2.45, 2.75) is 82.2 Å². The maximum atomic E-state index is 13.0. The van der Waals surface area contributed by atoms with Crippen LogP contribution in [0.4, 0.5) is 0 Å². The predicted molar refractivity (Wildman–Crippen MR) is 154 cm³/mol. The molecule has 1 heterocycles. The normalized spacial score (nSPS) is 21.9. The Morgan fingerprint density at radius 2 is 1.62 bits per heavy atom. The molecule has 226 valence electrons. The van der Waals surface area contributed by atoms with Crippen molar-refractivity contribution in [3.05, 3.63) is 83.4 Å². The lowest BCUT2D eigenvalue weighted by molar-refractivity contribution is -0.156. The molecule has 2 aromatic rings. The Morgan fingerprint density at radius 3 is 2.19 bits per heavy atom. The lowest BCUT2D eigenvalue weighted by Gasteiger charge is -2.29. The standard InChI is InChI=1S/C32H40N2O8/c1-31(2,3)41-28(38)15-14-24(20-35)34-27(37)16-17-33-30(39)21-18-25(36)29-26(19-21)40-32(42-29,22-10-6-4-7-11-22)23-12-8-5-9-13-23/h4-13,19,24-26,29,35-36H,14-18,20H2,1-3H3,(H,33,39)(H,34,37). The van der Waals surface area contributed by atoms with Crippen molar-refractivity contribution in [3.63, 3.8) is 0 Å². The van der Waals surface area contributed by atoms with E-state index in [1.54, 1.807) is 26.8 Å². The summed E-state index contributed by atoms with van der Waals surface area (Å²) in [6, 6.07) is 18.3. The van der Waals surface area contributed by atoms with E-state index in [9.17, 15) is 24.6 Å². The van der Waals surface area contributed by atoms with Gasteiger partial charge in [0.15, 0.2) is 0 Å². The second kappa shape index (κ2) is 13.6. The third kappa shape index (κ3) is 7.83. The fraction of sp³-hybridized carbons (Fsp3) is 0.469. The number of ether oxygens (including phenoxy) is 3. The molecule has 2 aliphatic rings. The molecule has 0 saturated carbocycles. The number of nitrogens with one attached hydrogen (secondary N) is 2. The lowest BCUT2D eigenvalue weighted by Crippen LogP contribution is -2.42. The Morgan fingerprint density at radius 1 is 1.00 bits per heavy atom. The van der Waals surface area contributed by atoms with Gasteiger partial charge in [-0.05, 0) is 33.3 Å². The van der Waals surface area contributed by atoms with E-state index in [2.05, 4.69) is 10.6 Å². The molecule has 0 bridgehead atoms. The maximum absolute atomic E-state index is 13.0. The van der Waals surface area contributed by atoms with Crippen LogP contribution in [0.2, 0.25) is 0 Å². The molecule has 0 radical (unpaired) electrons. The van der Waals surface area contributed by atoms with E-state index in [0.717, 1.165) is 11.1 Å². The summed E-state index contributed by atoms with van der Waals surface area (Å²) in [5.41, 5.74) is 1.28. The molecule has 10 nitrogen and oxygen atoms in total. The molecule has 42 heavy (non-hydrogen) atoms. The molecule has 4 atom stereocenters. The first-order valence-corrected chi connectivity index (χ1v) is 14.3. The van der Waals surface area contributed by atoms with Gasteiger partial charge >= 0.3 is 5.97 Å². The number of hydrogen-bond acceptors (Lipinski definition) is 8. The van der Waals surface area contributed by atoms with E-state index in [1.807, 2.05) is 60.7 Å². The molecule has 1 fully saturated rings. The van der Waals surface area contributed by atoms with Gasteiger partial charge in [0.1, 0.15) is 17.8 Å². The van der Waals surface area contributed by atoms with Crippen LogP contribution >= 0.6 is 0 Å². The number of esters is 1. The van der Waals surface area contributed by atoms with Crippen LogP contribution in [0.1, 0.15) is 57.6 Å². The maximum Gasteiger partial charge on any atom is 0.306 e. The van der Waals surface area contributed by atoms with Crippen molar-refractivity contribution in [2.24, 2.45) is 0 Å². The molecular formula is C32H40N2O8. The van der Waals surface area contributed by atoms with Crippen molar-refractivity contribution < 1.29 is 38.8 Å². The zero-order valence-corrected chi connectivity index (χ0v) is 24.2. The molecule has 1 saturated heterocycles. The Kier molecular flexibility index (Phi) is 10.2. The Hall–Kier alpha value is -3.57. The van der Waals surface area contributed by atoms with Crippen LogP contribution in [0.15, 0.2) is 72.3 Å². The molecule has 4 N–H and O–H groups in total. The minimum atomic E-state index is -1.24. The van der Waals surface area contributed by atoms with Crippen LogP contribution in [0, 0.1) is 0 Å². The van der Waals surface area contributed by atoms with Gasteiger partial charge in [0, 0.05) is 42.5 Å². The summed E-state index contributed by atoms with van der Waals surface area (Å²) in [5, 5.41) is 26.0. The first-order valence-electron chi connectivity index (χ1n) is 14.3. The highest BCUT2D eigenvalue weighted by Crippen LogP contribution is 2.46. The molecule has 10 heteroatoms. The minimum Gasteiger partial charge on any atom is -0.460 e. The van der Waals surface area contributed by atoms with Crippen LogP contribution in [0.3, 0.4) is 0 Å². The van der Waals surface area contributed by atoms with Crippen LogP contribution in [-0.2, 0) is 34.4 Å². The molecule has 1 aliphatic carbocycles. The van der Waals surface area contributed by atoms with Crippen molar-refractivity contribution in [3.8, 4) is 0 Å². The van der Waals surface area contributed by atoms with E-state index in [-0.39, 0.29) is 44.7 Å². The second-order valence-corrected chi connectivity index (χ2v) is 11.6. The first kappa shape index (κ1) is 31.4. The number of amides is 2. The van der Waals surface area contributed by atoms with E-state index in [0.29, 0.717) is 5.57 Å². The van der Waals surface area contributed by atoms with Gasteiger partial charge in [0.25, 0.3) is 0 Å². The predicted octanol–water partition coefficient (Wildman–Crippen LogP) is 2.47. The second-order valence-electron chi connectivity index (χ2n) is 11.6. The van der Waals surface area contributed by atoms with Crippen molar-refractivity contribution >= 4 is 17.8 Å². The van der Waals surface area contributed by atoms with Crippen molar-refractivity contribution in [2.75, 3.05) is 13.2 Å². The fourth-order valence-electron chi connectivity index (χ4n) is 5.10. The highest BCUT2D eigenvalue weighted by molar-refractivity contribution is 5.94. The average Bonchev–Trinajstić information content (AvgIpc) is 3.37. The van der Waals surface area contributed by atoms with Gasteiger partial charge in [0.2, 0.25) is 17.6 Å². The Bertz CT molecular complexity index is 1220. The van der Waals surface area contributed by atoms with Crippen molar-refractivity contribution in [1.82, 2.24) is 10.6 Å². The van der Waals surface area contributed by atoms with Crippen molar-refractivity contribution in [1.29, 1.82) is 0 Å². The zero-order valence-electron chi connectivity index (χ0n) is 24.2. The van der Waals surface area contributed by atoms with Gasteiger partial charge < -0.3 is 35.1 Å². The number of hydrogen-bond donors (Lipinski definition) is 4. The van der Waals surface area contributed by atoms with Gasteiger partial charge in [-0.15, -0.1) is 0 Å². The van der Waals surface area contributed by atoms with E-state index < -0.39 is 47.6 Å². The number of rotatable bonds is 11. The van der Waals surface area contributed by atoms with E-state index in [1.165, 1.54) is 0 Å². The summed E-state index contributed by atoms with van der Waals surface area (Å²) < 4.78 is 18.2. The Balaban J connectivity index is 1.33. The minimum absolute atomic E-state index is 0.0265. The summed E-state index contributed by atoms with van der Waals surface area (Å²) in [6.45, 7) is 5.02. The fourth-order valence-corrected chi connectivity index (χ4v) is 5.10. The van der Waals surface area contributed by atoms with Gasteiger partial charge in [-0.3, -0.25) is 14.4 Å². The summed E-state index contributed by atoms with van der Waals surface area (Å²) in [4.78, 5) is 37.3. The smallest absolute Gasteiger partial charge is 0.306 e. The largest absolute Gasteiger partial charge is 0.460 e. The molecule has 2 aromatic carbocycles. The third-order valence-electron chi connectivity index (χ3n) is 7.04. The molecule has 4 unspecified atom stereocenters. The van der Waals surface area contributed by atoms with E-state index >= 15 is 0 Å². The number of carbonyl (C=O) groups excluding carboxylic acids is 3. The average molecular weight is 581 g/mol. The molecule has 2 amide bonds. The SMILES string of the molecule is CC(C)(C)OC(=O)CCC(CO)NC(=O)CCNC(=O)C1=CC2OC(c3ccccc3)(c3ccccc3)OC2C(O)C1. The quantitative estimate of drug-likeness (QED) is 0.297. The van der Waals surface area contributed by atoms with E-state index in [4.69, 9.17) is 14.2 Å². The van der Waals surface area contributed by atoms with Gasteiger partial charge in [0.05, 0.1) is 18.8 Å². The highest BCUT2D eigenvalue weighted by Gasteiger charge is 2.53. The molecule has 4 rings (SSSR count). The summed E-state index contributed by atoms with van der Waals surface area (Å²) >= 11 is 0. The number of carbonyl (C=O) groups is 3. The summed E-state index contributed by atoms with van der Waals surface area (Å²) in [7, 11) is 0. The topological polar surface area (TPSA) is 143 Å². The van der Waals surface area contributed by atoms with Gasteiger partial charge in [-0.1, -0.05) is 60.7 Å². The van der Waals surface area contributed by atoms with Gasteiger partial charge in [-0.25, -0.2) is 0 Å². The van der Waals surface area contributed by atoms with Crippen LogP contribution in [-0.4, -0.2) is 71.1 Å². The summed E-state index contributed by atoms with van der Waals surface area (Å²) in [6.07, 6.45) is -0.322. The van der Waals surface area contributed by atoms with Crippen LogP contribution in [0.25, 0.3) is 0 Å². The molecule has 0 aromatic heterocycles. The highest BCUT2D eigenvalue weighted by atomic mass is 16.8. The van der Waals surface area contributed by atoms with Gasteiger partial charge in [-0.2, -0.15) is 0 Å². The number of fused-ring (bicyclic) bond motifs is 1. The monoisotopic (exact) mass is 580 g/mol.